The minimum atomic E-state index is -4.47. The lowest BCUT2D eigenvalue weighted by molar-refractivity contribution is -0.137. The van der Waals surface area contributed by atoms with Gasteiger partial charge in [-0.1, -0.05) is 42.5 Å². The van der Waals surface area contributed by atoms with Gasteiger partial charge in [0.1, 0.15) is 0 Å². The Bertz CT molecular complexity index is 1480. The second kappa shape index (κ2) is 12.6. The molecule has 4 aromatic rings. The summed E-state index contributed by atoms with van der Waals surface area (Å²) >= 11 is 0. The highest BCUT2D eigenvalue weighted by atomic mass is 19.4. The van der Waals surface area contributed by atoms with E-state index in [0.717, 1.165) is 17.7 Å². The number of aliphatic imine (C=N–C) groups is 1. The maximum atomic E-state index is 12.8. The molecule has 0 aliphatic heterocycles. The van der Waals surface area contributed by atoms with Gasteiger partial charge in [-0.05, 0) is 48.9 Å². The SMILES string of the molecule is NC(=Nc1ccc(-c2ccccc2)nn1)Nc1ccccc1OC(=O)CCCNc1ccc(C(F)(F)F)cc1N. The number of carbonyl (C=O) groups excluding carboxylic acids is 1. The van der Waals surface area contributed by atoms with Gasteiger partial charge in [0.2, 0.25) is 0 Å². The summed E-state index contributed by atoms with van der Waals surface area (Å²) in [7, 11) is 0. The number of nitrogen functional groups attached to an aromatic ring is 1. The summed E-state index contributed by atoms with van der Waals surface area (Å²) in [6.45, 7) is 0.300. The van der Waals surface area contributed by atoms with Crippen LogP contribution in [-0.4, -0.2) is 28.7 Å². The lowest BCUT2D eigenvalue weighted by Crippen LogP contribution is -2.23. The largest absolute Gasteiger partial charge is 0.424 e. The van der Waals surface area contributed by atoms with E-state index in [0.29, 0.717) is 35.9 Å². The molecule has 0 amide bonds. The minimum absolute atomic E-state index is 0.0172. The van der Waals surface area contributed by atoms with Crippen molar-refractivity contribution in [1.82, 2.24) is 10.2 Å². The number of nitrogens with two attached hydrogens (primary N) is 2. The number of anilines is 3. The van der Waals surface area contributed by atoms with Crippen LogP contribution in [0, 0.1) is 0 Å². The molecule has 0 aliphatic rings. The fourth-order valence-electron chi connectivity index (χ4n) is 3.63. The van der Waals surface area contributed by atoms with Crippen LogP contribution in [0.15, 0.2) is 89.9 Å². The van der Waals surface area contributed by atoms with Gasteiger partial charge in [0.25, 0.3) is 0 Å². The molecule has 12 heteroatoms. The van der Waals surface area contributed by atoms with Crippen LogP contribution in [0.25, 0.3) is 11.3 Å². The predicted octanol–water partition coefficient (Wildman–Crippen LogP) is 5.60. The normalized spacial score (nSPS) is 11.6. The summed E-state index contributed by atoms with van der Waals surface area (Å²) in [5.74, 6) is 0.0503. The highest BCUT2D eigenvalue weighted by Crippen LogP contribution is 2.33. The number of guanidine groups is 1. The fourth-order valence-corrected chi connectivity index (χ4v) is 3.63. The molecule has 4 rings (SSSR count). The molecule has 9 nitrogen and oxygen atoms in total. The zero-order valence-corrected chi connectivity index (χ0v) is 21.2. The van der Waals surface area contributed by atoms with Gasteiger partial charge in [-0.15, -0.1) is 10.2 Å². The zero-order chi connectivity index (χ0) is 28.5. The summed E-state index contributed by atoms with van der Waals surface area (Å²) in [5, 5.41) is 14.1. The number of nitrogens with zero attached hydrogens (tertiary/aromatic N) is 3. The number of benzene rings is 3. The van der Waals surface area contributed by atoms with E-state index in [9.17, 15) is 18.0 Å². The summed E-state index contributed by atoms with van der Waals surface area (Å²) in [5.41, 5.74) is 13.3. The molecule has 0 fully saturated rings. The minimum Gasteiger partial charge on any atom is -0.424 e. The van der Waals surface area contributed by atoms with E-state index in [1.54, 1.807) is 36.4 Å². The number of esters is 1. The highest BCUT2D eigenvalue weighted by Gasteiger charge is 2.30. The average Bonchev–Trinajstić information content (AvgIpc) is 2.93. The van der Waals surface area contributed by atoms with Gasteiger partial charge in [0.15, 0.2) is 17.5 Å². The predicted molar refractivity (Wildman–Crippen MR) is 148 cm³/mol. The van der Waals surface area contributed by atoms with Gasteiger partial charge in [-0.3, -0.25) is 4.79 Å². The van der Waals surface area contributed by atoms with E-state index >= 15 is 0 Å². The third kappa shape index (κ3) is 7.69. The van der Waals surface area contributed by atoms with Crippen LogP contribution in [0.4, 0.5) is 36.1 Å². The molecule has 0 radical (unpaired) electrons. The number of aromatic nitrogens is 2. The molecule has 0 bridgehead atoms. The van der Waals surface area contributed by atoms with Crippen molar-refractivity contribution in [2.75, 3.05) is 22.9 Å². The Morgan fingerprint density at radius 2 is 1.68 bits per heavy atom. The first-order valence-corrected chi connectivity index (χ1v) is 12.2. The highest BCUT2D eigenvalue weighted by molar-refractivity contribution is 5.95. The molecule has 0 saturated heterocycles. The van der Waals surface area contributed by atoms with Crippen LogP contribution < -0.4 is 26.8 Å². The van der Waals surface area contributed by atoms with Crippen molar-refractivity contribution in [2.24, 2.45) is 10.7 Å². The maximum absolute atomic E-state index is 12.8. The van der Waals surface area contributed by atoms with Crippen LogP contribution in [0.2, 0.25) is 0 Å². The molecule has 40 heavy (non-hydrogen) atoms. The van der Waals surface area contributed by atoms with Crippen LogP contribution in [0.5, 0.6) is 5.75 Å². The lowest BCUT2D eigenvalue weighted by Gasteiger charge is -2.13. The van der Waals surface area contributed by atoms with E-state index in [1.165, 1.54) is 6.07 Å². The number of carbonyl (C=O) groups is 1. The molecule has 0 spiro atoms. The number of para-hydroxylation sites is 2. The van der Waals surface area contributed by atoms with Crippen molar-refractivity contribution in [2.45, 2.75) is 19.0 Å². The van der Waals surface area contributed by atoms with Crippen molar-refractivity contribution in [3.8, 4) is 17.0 Å². The second-order valence-corrected chi connectivity index (χ2v) is 8.57. The molecule has 0 saturated carbocycles. The first kappa shape index (κ1) is 27.9. The Kier molecular flexibility index (Phi) is 8.79. The van der Waals surface area contributed by atoms with Crippen LogP contribution >= 0.6 is 0 Å². The summed E-state index contributed by atoms with van der Waals surface area (Å²) in [4.78, 5) is 16.6. The van der Waals surface area contributed by atoms with Gasteiger partial charge in [0.05, 0.1) is 28.3 Å². The van der Waals surface area contributed by atoms with E-state index in [-0.39, 0.29) is 23.8 Å². The number of ether oxygens (including phenoxy) is 1. The van der Waals surface area contributed by atoms with Crippen molar-refractivity contribution in [3.05, 3.63) is 90.5 Å². The molecule has 0 atom stereocenters. The summed E-state index contributed by atoms with van der Waals surface area (Å²) in [6.07, 6.45) is -4.06. The molecular formula is C28H26F3N7O2. The topological polar surface area (TPSA) is 141 Å². The van der Waals surface area contributed by atoms with Crippen LogP contribution in [0.1, 0.15) is 18.4 Å². The Morgan fingerprint density at radius 1 is 0.925 bits per heavy atom. The van der Waals surface area contributed by atoms with Crippen molar-refractivity contribution in [1.29, 1.82) is 0 Å². The second-order valence-electron chi connectivity index (χ2n) is 8.57. The van der Waals surface area contributed by atoms with Crippen molar-refractivity contribution < 1.29 is 22.7 Å². The molecule has 0 aliphatic carbocycles. The molecule has 1 heterocycles. The number of nitrogens with one attached hydrogen (secondary N) is 2. The number of halogens is 3. The number of rotatable bonds is 9. The quantitative estimate of drug-likeness (QED) is 0.0528. The van der Waals surface area contributed by atoms with Gasteiger partial charge in [-0.25, -0.2) is 0 Å². The molecule has 0 unspecified atom stereocenters. The van der Waals surface area contributed by atoms with Crippen LogP contribution in [0.3, 0.4) is 0 Å². The summed E-state index contributed by atoms with van der Waals surface area (Å²) in [6, 6.07) is 22.8. The first-order valence-electron chi connectivity index (χ1n) is 12.2. The van der Waals surface area contributed by atoms with Crippen molar-refractivity contribution in [3.63, 3.8) is 0 Å². The standard InChI is InChI=1S/C28H26F3N7O2/c29-28(30,31)19-12-13-22(20(32)17-19)34-16-6-11-26(39)40-24-10-5-4-9-23(24)35-27(33)36-25-15-14-21(37-38-25)18-7-2-1-3-8-18/h1-5,7-10,12-15,17,34H,6,11,16,32H2,(H3,33,35,36,38). The van der Waals surface area contributed by atoms with Crippen molar-refractivity contribution >= 4 is 34.8 Å². The zero-order valence-electron chi connectivity index (χ0n) is 21.2. The monoisotopic (exact) mass is 549 g/mol. The third-order valence-electron chi connectivity index (χ3n) is 5.58. The van der Waals surface area contributed by atoms with E-state index in [4.69, 9.17) is 16.2 Å². The summed E-state index contributed by atoms with van der Waals surface area (Å²) < 4.78 is 43.8. The molecule has 206 valence electrons. The Morgan fingerprint density at radius 3 is 2.38 bits per heavy atom. The molecule has 1 aromatic heterocycles. The van der Waals surface area contributed by atoms with Gasteiger partial charge < -0.3 is 26.8 Å². The van der Waals surface area contributed by atoms with Gasteiger partial charge in [-0.2, -0.15) is 18.2 Å². The number of hydrogen-bond donors (Lipinski definition) is 4. The van der Waals surface area contributed by atoms with E-state index < -0.39 is 17.7 Å². The smallest absolute Gasteiger partial charge is 0.416 e. The van der Waals surface area contributed by atoms with E-state index in [1.807, 2.05) is 30.3 Å². The third-order valence-corrected chi connectivity index (χ3v) is 5.58. The molecular weight excluding hydrogens is 523 g/mol. The number of hydrogen-bond acceptors (Lipinski definition) is 7. The van der Waals surface area contributed by atoms with E-state index in [2.05, 4.69) is 25.8 Å². The average molecular weight is 550 g/mol. The number of alkyl halides is 3. The van der Waals surface area contributed by atoms with Gasteiger partial charge in [0, 0.05) is 18.5 Å². The Labute approximate surface area is 228 Å². The molecule has 3 aromatic carbocycles. The molecule has 6 N–H and O–H groups in total. The maximum Gasteiger partial charge on any atom is 0.416 e. The Balaban J connectivity index is 1.29. The lowest BCUT2D eigenvalue weighted by atomic mass is 10.1. The fraction of sp³-hybridized carbons (Fsp3) is 0.143. The Hall–Kier alpha value is -5.13. The first-order chi connectivity index (χ1) is 19.2. The van der Waals surface area contributed by atoms with Crippen LogP contribution in [-0.2, 0) is 11.0 Å². The van der Waals surface area contributed by atoms with Gasteiger partial charge >= 0.3 is 12.1 Å².